The zero-order valence-electron chi connectivity index (χ0n) is 16.9. The Hall–Kier alpha value is -3.01. The Morgan fingerprint density at radius 3 is 2.75 bits per heavy atom. The van der Waals surface area contributed by atoms with Crippen LogP contribution in [0.1, 0.15) is 22.3 Å². The molecular formula is C23H19N3O3S3. The molecule has 162 valence electrons. The number of para-hydroxylation sites is 1. The summed E-state index contributed by atoms with van der Waals surface area (Å²) in [6.45, 7) is 0.417. The molecule has 1 aliphatic rings. The zero-order valence-corrected chi connectivity index (χ0v) is 19.3. The van der Waals surface area contributed by atoms with Gasteiger partial charge >= 0.3 is 0 Å². The molecule has 0 saturated heterocycles. The van der Waals surface area contributed by atoms with Crippen LogP contribution in [0.4, 0.5) is 10.8 Å². The van der Waals surface area contributed by atoms with E-state index >= 15 is 0 Å². The van der Waals surface area contributed by atoms with Gasteiger partial charge < -0.3 is 0 Å². The van der Waals surface area contributed by atoms with Crippen LogP contribution in [0.25, 0.3) is 10.6 Å². The van der Waals surface area contributed by atoms with Gasteiger partial charge in [0.15, 0.2) is 5.13 Å². The molecule has 2 aromatic heterocycles. The Morgan fingerprint density at radius 2 is 1.91 bits per heavy atom. The minimum atomic E-state index is -3.79. The third-order valence-electron chi connectivity index (χ3n) is 5.25. The Labute approximate surface area is 194 Å². The summed E-state index contributed by atoms with van der Waals surface area (Å²) in [5, 5.41) is 7.11. The first-order valence-electron chi connectivity index (χ1n) is 10.0. The fourth-order valence-corrected chi connectivity index (χ4v) is 6.77. The number of anilines is 2. The summed E-state index contributed by atoms with van der Waals surface area (Å²) >= 11 is 2.91. The topological polar surface area (TPSA) is 79.4 Å². The maximum atomic E-state index is 13.4. The number of thiazole rings is 1. The number of fused-ring (bicyclic) bond motifs is 1. The zero-order chi connectivity index (χ0) is 22.1. The van der Waals surface area contributed by atoms with E-state index in [4.69, 9.17) is 0 Å². The molecule has 1 N–H and O–H groups in total. The summed E-state index contributed by atoms with van der Waals surface area (Å²) < 4.78 is 28.2. The Bertz CT molecular complexity index is 1380. The number of sulfonamides is 1. The summed E-state index contributed by atoms with van der Waals surface area (Å²) in [6.07, 6.45) is 1.61. The minimum absolute atomic E-state index is 0.0975. The van der Waals surface area contributed by atoms with Crippen LogP contribution in [-0.4, -0.2) is 25.9 Å². The molecule has 0 saturated carbocycles. The molecule has 1 aliphatic heterocycles. The molecule has 0 radical (unpaired) electrons. The van der Waals surface area contributed by atoms with Gasteiger partial charge in [-0.3, -0.25) is 14.4 Å². The monoisotopic (exact) mass is 481 g/mol. The van der Waals surface area contributed by atoms with E-state index in [0.29, 0.717) is 17.4 Å². The first kappa shape index (κ1) is 20.9. The Kier molecular flexibility index (Phi) is 5.54. The lowest BCUT2D eigenvalue weighted by Crippen LogP contribution is -2.35. The highest BCUT2D eigenvalue weighted by Crippen LogP contribution is 2.32. The van der Waals surface area contributed by atoms with Crippen LogP contribution in [0, 0.1) is 0 Å². The van der Waals surface area contributed by atoms with E-state index < -0.39 is 15.9 Å². The van der Waals surface area contributed by atoms with Crippen molar-refractivity contribution in [3.63, 3.8) is 0 Å². The maximum absolute atomic E-state index is 13.4. The largest absolute Gasteiger partial charge is 0.298 e. The molecule has 3 heterocycles. The number of nitrogens with one attached hydrogen (secondary N) is 1. The van der Waals surface area contributed by atoms with Crippen molar-refractivity contribution < 1.29 is 13.2 Å². The second kappa shape index (κ2) is 8.50. The Balaban J connectivity index is 1.39. The van der Waals surface area contributed by atoms with Crippen LogP contribution in [0.15, 0.2) is 76.3 Å². The molecule has 0 atom stereocenters. The summed E-state index contributed by atoms with van der Waals surface area (Å²) in [7, 11) is -3.79. The second-order valence-corrected chi connectivity index (χ2v) is 11.0. The summed E-state index contributed by atoms with van der Waals surface area (Å²) in [6, 6.07) is 17.6. The van der Waals surface area contributed by atoms with E-state index in [1.165, 1.54) is 27.8 Å². The summed E-state index contributed by atoms with van der Waals surface area (Å²) in [5.41, 5.74) is 2.80. The number of amides is 1. The van der Waals surface area contributed by atoms with E-state index in [1.807, 2.05) is 47.2 Å². The quantitative estimate of drug-likeness (QED) is 0.421. The SMILES string of the molecule is O=C(Nc1nc(-c2cccs2)cs1)c1cccc(S(=O)(=O)N2CCCc3ccccc32)c1. The van der Waals surface area contributed by atoms with Crippen LogP contribution in [0.3, 0.4) is 0 Å². The molecule has 1 amide bonds. The van der Waals surface area contributed by atoms with Crippen molar-refractivity contribution >= 4 is 49.4 Å². The summed E-state index contributed by atoms with van der Waals surface area (Å²) in [5.74, 6) is -0.395. The third-order valence-corrected chi connectivity index (χ3v) is 8.71. The predicted molar refractivity (Wildman–Crippen MR) is 129 cm³/mol. The van der Waals surface area contributed by atoms with Crippen LogP contribution in [0.2, 0.25) is 0 Å². The van der Waals surface area contributed by atoms with Gasteiger partial charge in [0.1, 0.15) is 0 Å². The highest BCUT2D eigenvalue weighted by Gasteiger charge is 2.29. The highest BCUT2D eigenvalue weighted by molar-refractivity contribution is 7.92. The van der Waals surface area contributed by atoms with E-state index in [2.05, 4.69) is 10.3 Å². The molecule has 4 aromatic rings. The standard InChI is InChI=1S/C23H19N3O3S3/c27-22(25-23-24-19(15-31-23)21-11-5-13-30-21)17-7-3-9-18(14-17)32(28,29)26-12-4-8-16-6-1-2-10-20(16)26/h1-3,5-7,9-11,13-15H,4,8,12H2,(H,24,25,27). The number of carbonyl (C=O) groups is 1. The van der Waals surface area contributed by atoms with Gasteiger partial charge in [0.25, 0.3) is 15.9 Å². The van der Waals surface area contributed by atoms with Gasteiger partial charge in [-0.15, -0.1) is 22.7 Å². The van der Waals surface area contributed by atoms with Gasteiger partial charge in [-0.2, -0.15) is 0 Å². The van der Waals surface area contributed by atoms with E-state index in [-0.39, 0.29) is 10.5 Å². The van der Waals surface area contributed by atoms with Crippen LogP contribution in [0.5, 0.6) is 0 Å². The lowest BCUT2D eigenvalue weighted by atomic mass is 10.0. The van der Waals surface area contributed by atoms with Crippen molar-refractivity contribution in [2.24, 2.45) is 0 Å². The average Bonchev–Trinajstić information content (AvgIpc) is 3.51. The number of rotatable bonds is 5. The van der Waals surface area contributed by atoms with Crippen LogP contribution >= 0.6 is 22.7 Å². The lowest BCUT2D eigenvalue weighted by molar-refractivity contribution is 0.102. The molecule has 0 fully saturated rings. The van der Waals surface area contributed by atoms with Crippen molar-refractivity contribution in [3.8, 4) is 10.6 Å². The number of benzene rings is 2. The van der Waals surface area contributed by atoms with E-state index in [1.54, 1.807) is 23.5 Å². The van der Waals surface area contributed by atoms with Gasteiger partial charge in [-0.25, -0.2) is 13.4 Å². The molecular weight excluding hydrogens is 462 g/mol. The number of hydrogen-bond donors (Lipinski definition) is 1. The average molecular weight is 482 g/mol. The first-order valence-corrected chi connectivity index (χ1v) is 13.2. The number of aromatic nitrogens is 1. The highest BCUT2D eigenvalue weighted by atomic mass is 32.2. The molecule has 0 bridgehead atoms. The fraction of sp³-hybridized carbons (Fsp3) is 0.130. The normalized spacial score (nSPS) is 13.6. The second-order valence-electron chi connectivity index (χ2n) is 7.31. The van der Waals surface area contributed by atoms with Gasteiger partial charge in [0.2, 0.25) is 0 Å². The number of thiophene rings is 1. The summed E-state index contributed by atoms with van der Waals surface area (Å²) in [4.78, 5) is 18.4. The first-order chi connectivity index (χ1) is 15.5. The smallest absolute Gasteiger partial charge is 0.264 e. The van der Waals surface area contributed by atoms with Gasteiger partial charge in [0.05, 0.1) is 21.2 Å². The molecule has 0 unspecified atom stereocenters. The van der Waals surface area contributed by atoms with E-state index in [9.17, 15) is 13.2 Å². The van der Waals surface area contributed by atoms with Crippen molar-refractivity contribution in [3.05, 3.63) is 82.6 Å². The molecule has 32 heavy (non-hydrogen) atoms. The van der Waals surface area contributed by atoms with Crippen molar-refractivity contribution in [2.45, 2.75) is 17.7 Å². The number of hydrogen-bond acceptors (Lipinski definition) is 6. The van der Waals surface area contributed by atoms with Crippen LogP contribution in [-0.2, 0) is 16.4 Å². The number of nitrogens with zero attached hydrogens (tertiary/aromatic N) is 2. The molecule has 5 rings (SSSR count). The lowest BCUT2D eigenvalue weighted by Gasteiger charge is -2.30. The molecule has 6 nitrogen and oxygen atoms in total. The van der Waals surface area contributed by atoms with Crippen molar-refractivity contribution in [1.29, 1.82) is 0 Å². The minimum Gasteiger partial charge on any atom is -0.298 e. The van der Waals surface area contributed by atoms with Crippen LogP contribution < -0.4 is 9.62 Å². The van der Waals surface area contributed by atoms with Gasteiger partial charge in [0, 0.05) is 17.5 Å². The third kappa shape index (κ3) is 3.94. The van der Waals surface area contributed by atoms with Crippen molar-refractivity contribution in [2.75, 3.05) is 16.2 Å². The molecule has 9 heteroatoms. The predicted octanol–water partition coefficient (Wildman–Crippen LogP) is 5.27. The van der Waals surface area contributed by atoms with Crippen molar-refractivity contribution in [1.82, 2.24) is 4.98 Å². The number of aryl methyl sites for hydroxylation is 1. The van der Waals surface area contributed by atoms with Gasteiger partial charge in [-0.1, -0.05) is 30.3 Å². The van der Waals surface area contributed by atoms with E-state index in [0.717, 1.165) is 29.0 Å². The number of carbonyl (C=O) groups excluding carboxylic acids is 1. The maximum Gasteiger partial charge on any atom is 0.264 e. The van der Waals surface area contributed by atoms with Gasteiger partial charge in [-0.05, 0) is 54.1 Å². The molecule has 0 aliphatic carbocycles. The molecule has 2 aromatic carbocycles. The molecule has 0 spiro atoms. The fourth-order valence-electron chi connectivity index (χ4n) is 3.71. The Morgan fingerprint density at radius 1 is 1.03 bits per heavy atom.